The van der Waals surface area contributed by atoms with E-state index >= 15 is 0 Å². The van der Waals surface area contributed by atoms with Gasteiger partial charge in [-0.05, 0) is 6.92 Å². The smallest absolute Gasteiger partial charge is 0.0781 e. The molecule has 2 nitrogen and oxygen atoms in total. The lowest BCUT2D eigenvalue weighted by molar-refractivity contribution is -0.0797. The minimum atomic E-state index is 0.314. The van der Waals surface area contributed by atoms with Crippen LogP contribution < -0.4 is 0 Å². The van der Waals surface area contributed by atoms with Crippen LogP contribution in [-0.4, -0.2) is 25.9 Å². The molecule has 1 aliphatic heterocycles. The highest BCUT2D eigenvalue weighted by Gasteiger charge is 2.06. The predicted octanol–water partition coefficient (Wildman–Crippen LogP) is 0.422. The summed E-state index contributed by atoms with van der Waals surface area (Å²) in [7, 11) is 0. The minimum absolute atomic E-state index is 0.314. The first-order valence-corrected chi connectivity index (χ1v) is 2.59. The fraction of sp³-hybridized carbons (Fsp3) is 1.00. The minimum Gasteiger partial charge on any atom is -0.376 e. The second-order valence-electron chi connectivity index (χ2n) is 1.76. The van der Waals surface area contributed by atoms with Gasteiger partial charge in [-0.3, -0.25) is 0 Å². The second-order valence-corrected chi connectivity index (χ2v) is 1.76. The van der Waals surface area contributed by atoms with E-state index in [-0.39, 0.29) is 0 Å². The first-order chi connectivity index (χ1) is 3.39. The van der Waals surface area contributed by atoms with Gasteiger partial charge in [0.05, 0.1) is 25.9 Å². The molecule has 2 heteroatoms. The largest absolute Gasteiger partial charge is 0.376 e. The van der Waals surface area contributed by atoms with Crippen LogP contribution in [0.1, 0.15) is 6.92 Å². The van der Waals surface area contributed by atoms with E-state index in [2.05, 4.69) is 0 Å². The summed E-state index contributed by atoms with van der Waals surface area (Å²) in [6.07, 6.45) is 0.314. The van der Waals surface area contributed by atoms with Gasteiger partial charge < -0.3 is 9.47 Å². The molecule has 1 heterocycles. The third kappa shape index (κ3) is 1.45. The molecular formula is C5H10O2. The van der Waals surface area contributed by atoms with Crippen LogP contribution in [0, 0.1) is 0 Å². The summed E-state index contributed by atoms with van der Waals surface area (Å²) in [5.74, 6) is 0. The number of hydrogen-bond donors (Lipinski definition) is 0. The monoisotopic (exact) mass is 102 g/mol. The molecule has 1 fully saturated rings. The van der Waals surface area contributed by atoms with Gasteiger partial charge in [0.25, 0.3) is 0 Å². The molecule has 1 atom stereocenters. The van der Waals surface area contributed by atoms with Crippen molar-refractivity contribution in [3.05, 3.63) is 0 Å². The number of ether oxygens (including phenoxy) is 2. The fourth-order valence-corrected chi connectivity index (χ4v) is 0.606. The molecule has 42 valence electrons. The Morgan fingerprint density at radius 2 is 2.29 bits per heavy atom. The summed E-state index contributed by atoms with van der Waals surface area (Å²) < 4.78 is 10.2. The van der Waals surface area contributed by atoms with Crippen molar-refractivity contribution in [1.29, 1.82) is 0 Å². The summed E-state index contributed by atoms with van der Waals surface area (Å²) in [6.45, 7) is 4.31. The maximum absolute atomic E-state index is 5.15. The number of hydrogen-bond acceptors (Lipinski definition) is 2. The Labute approximate surface area is 43.4 Å². The Morgan fingerprint density at radius 1 is 1.43 bits per heavy atom. The quantitative estimate of drug-likeness (QED) is 0.441. The van der Waals surface area contributed by atoms with Crippen LogP contribution in [0.4, 0.5) is 0 Å². The molecular weight excluding hydrogens is 92.1 g/mol. The molecule has 0 aromatic carbocycles. The third-order valence-corrected chi connectivity index (χ3v) is 0.983. The Kier molecular flexibility index (Phi) is 1.65. The Bertz CT molecular complexity index is 48.0. The van der Waals surface area contributed by atoms with Gasteiger partial charge in [0, 0.05) is 0 Å². The standard InChI is InChI=1S/C5H10O2/c1-5-4-6-2-3-7-5/h5H,2-4H2,1H3/t5-/m0/s1. The van der Waals surface area contributed by atoms with Gasteiger partial charge in [-0.25, -0.2) is 0 Å². The van der Waals surface area contributed by atoms with E-state index in [1.165, 1.54) is 0 Å². The molecule has 0 amide bonds. The predicted molar refractivity (Wildman–Crippen MR) is 26.2 cm³/mol. The molecule has 0 radical (unpaired) electrons. The first kappa shape index (κ1) is 5.06. The zero-order chi connectivity index (χ0) is 5.11. The fourth-order valence-electron chi connectivity index (χ4n) is 0.606. The highest BCUT2D eigenvalue weighted by molar-refractivity contribution is 4.50. The summed E-state index contributed by atoms with van der Waals surface area (Å²) in [4.78, 5) is 0. The zero-order valence-electron chi connectivity index (χ0n) is 4.52. The van der Waals surface area contributed by atoms with Crippen LogP contribution in [0.15, 0.2) is 0 Å². The van der Waals surface area contributed by atoms with E-state index in [0.717, 1.165) is 19.8 Å². The van der Waals surface area contributed by atoms with E-state index in [1.54, 1.807) is 0 Å². The van der Waals surface area contributed by atoms with Crippen molar-refractivity contribution >= 4 is 0 Å². The maximum atomic E-state index is 5.15. The van der Waals surface area contributed by atoms with Crippen molar-refractivity contribution < 1.29 is 9.47 Å². The third-order valence-electron chi connectivity index (χ3n) is 0.983. The lowest BCUT2D eigenvalue weighted by atomic mass is 10.4. The van der Waals surface area contributed by atoms with E-state index in [1.807, 2.05) is 6.92 Å². The summed E-state index contributed by atoms with van der Waals surface area (Å²) >= 11 is 0. The van der Waals surface area contributed by atoms with Crippen LogP contribution >= 0.6 is 0 Å². The van der Waals surface area contributed by atoms with Crippen molar-refractivity contribution in [2.24, 2.45) is 0 Å². The Balaban J connectivity index is 2.12. The van der Waals surface area contributed by atoms with Gasteiger partial charge in [0.15, 0.2) is 0 Å². The summed E-state index contributed by atoms with van der Waals surface area (Å²) in [6, 6.07) is 0. The summed E-state index contributed by atoms with van der Waals surface area (Å²) in [5.41, 5.74) is 0. The highest BCUT2D eigenvalue weighted by Crippen LogP contribution is 1.96. The molecule has 0 unspecified atom stereocenters. The average Bonchev–Trinajstić information content (AvgIpc) is 1.69. The van der Waals surface area contributed by atoms with Gasteiger partial charge in [-0.1, -0.05) is 0 Å². The van der Waals surface area contributed by atoms with Crippen molar-refractivity contribution in [2.45, 2.75) is 13.0 Å². The molecule has 0 aromatic rings. The van der Waals surface area contributed by atoms with Gasteiger partial charge in [0.1, 0.15) is 0 Å². The SMILES string of the molecule is C[C@H]1COCCO1. The second kappa shape index (κ2) is 2.28. The normalized spacial score (nSPS) is 33.0. The maximum Gasteiger partial charge on any atom is 0.0781 e. The lowest BCUT2D eigenvalue weighted by Gasteiger charge is -2.18. The van der Waals surface area contributed by atoms with Crippen LogP contribution in [0.25, 0.3) is 0 Å². The Morgan fingerprint density at radius 3 is 2.57 bits per heavy atom. The zero-order valence-corrected chi connectivity index (χ0v) is 4.52. The Hall–Kier alpha value is -0.0800. The van der Waals surface area contributed by atoms with Gasteiger partial charge >= 0.3 is 0 Å². The molecule has 1 aliphatic rings. The molecule has 0 aromatic heterocycles. The average molecular weight is 102 g/mol. The van der Waals surface area contributed by atoms with Gasteiger partial charge in [-0.15, -0.1) is 0 Å². The van der Waals surface area contributed by atoms with E-state index in [0.29, 0.717) is 6.10 Å². The molecule has 0 spiro atoms. The first-order valence-electron chi connectivity index (χ1n) is 2.59. The van der Waals surface area contributed by atoms with Crippen molar-refractivity contribution in [2.75, 3.05) is 19.8 Å². The topological polar surface area (TPSA) is 18.5 Å². The van der Waals surface area contributed by atoms with Gasteiger partial charge in [0.2, 0.25) is 0 Å². The van der Waals surface area contributed by atoms with Crippen molar-refractivity contribution in [1.82, 2.24) is 0 Å². The van der Waals surface area contributed by atoms with E-state index in [4.69, 9.17) is 9.47 Å². The molecule has 0 bridgehead atoms. The van der Waals surface area contributed by atoms with Crippen LogP contribution in [0.2, 0.25) is 0 Å². The van der Waals surface area contributed by atoms with Crippen LogP contribution in [0.5, 0.6) is 0 Å². The molecule has 0 N–H and O–H groups in total. The molecule has 0 aliphatic carbocycles. The van der Waals surface area contributed by atoms with Crippen molar-refractivity contribution in [3.63, 3.8) is 0 Å². The van der Waals surface area contributed by atoms with E-state index < -0.39 is 0 Å². The lowest BCUT2D eigenvalue weighted by Crippen LogP contribution is -2.25. The van der Waals surface area contributed by atoms with Crippen LogP contribution in [-0.2, 0) is 9.47 Å². The molecule has 1 rings (SSSR count). The highest BCUT2D eigenvalue weighted by atomic mass is 16.6. The molecule has 1 saturated heterocycles. The van der Waals surface area contributed by atoms with Crippen LogP contribution in [0.3, 0.4) is 0 Å². The molecule has 7 heavy (non-hydrogen) atoms. The number of rotatable bonds is 0. The summed E-state index contributed by atoms with van der Waals surface area (Å²) in [5, 5.41) is 0. The van der Waals surface area contributed by atoms with Crippen molar-refractivity contribution in [3.8, 4) is 0 Å². The van der Waals surface area contributed by atoms with E-state index in [9.17, 15) is 0 Å². The molecule has 0 saturated carbocycles. The van der Waals surface area contributed by atoms with Gasteiger partial charge in [-0.2, -0.15) is 0 Å².